The van der Waals surface area contributed by atoms with Crippen molar-refractivity contribution in [1.29, 1.82) is 0 Å². The van der Waals surface area contributed by atoms with Crippen molar-refractivity contribution in [3.8, 4) is 0 Å². The van der Waals surface area contributed by atoms with E-state index in [1.807, 2.05) is 0 Å². The standard InChI is InChI=1S/C27H43NO/c1-16-5-8-23-17(2)25-24(28(23)15-16)14-22-20-7-6-18-13-19(29)9-11-26(18,3)21(20)10-12-27(22,25)4/h6,16-17,19-25,29H,5,7-15H2,1-4H3/t16-,17-,19+,20+,21-,22-,23-,24-,25-,26+,27+/m1/s1. The van der Waals surface area contributed by atoms with Gasteiger partial charge < -0.3 is 5.11 Å². The maximum atomic E-state index is 10.3. The molecule has 0 aromatic carbocycles. The summed E-state index contributed by atoms with van der Waals surface area (Å²) in [5.41, 5.74) is 2.58. The molecule has 11 atom stereocenters. The number of allylic oxidation sites excluding steroid dienone is 1. The van der Waals surface area contributed by atoms with E-state index in [0.29, 0.717) is 10.8 Å². The normalized spacial score (nSPS) is 59.2. The highest BCUT2D eigenvalue weighted by molar-refractivity contribution is 5.26. The van der Waals surface area contributed by atoms with E-state index < -0.39 is 0 Å². The fourth-order valence-electron chi connectivity index (χ4n) is 10.4. The number of hydrogen-bond acceptors (Lipinski definition) is 2. The largest absolute Gasteiger partial charge is 0.393 e. The Bertz CT molecular complexity index is 715. The zero-order valence-corrected chi connectivity index (χ0v) is 19.2. The van der Waals surface area contributed by atoms with Crippen LogP contribution in [0.3, 0.4) is 0 Å². The number of rotatable bonds is 0. The van der Waals surface area contributed by atoms with Crippen molar-refractivity contribution in [3.63, 3.8) is 0 Å². The van der Waals surface area contributed by atoms with Gasteiger partial charge in [0.15, 0.2) is 0 Å². The summed E-state index contributed by atoms with van der Waals surface area (Å²) in [7, 11) is 0. The molecule has 1 N–H and O–H groups in total. The highest BCUT2D eigenvalue weighted by Crippen LogP contribution is 2.69. The third kappa shape index (κ3) is 2.48. The molecule has 0 radical (unpaired) electrons. The van der Waals surface area contributed by atoms with E-state index in [-0.39, 0.29) is 6.10 Å². The molecule has 3 saturated carbocycles. The first-order chi connectivity index (χ1) is 13.8. The highest BCUT2D eigenvalue weighted by atomic mass is 16.3. The number of piperidine rings is 1. The third-order valence-corrected chi connectivity index (χ3v) is 11.7. The summed E-state index contributed by atoms with van der Waals surface area (Å²) in [6.07, 6.45) is 14.3. The van der Waals surface area contributed by atoms with Crippen LogP contribution in [0.5, 0.6) is 0 Å². The molecule has 2 saturated heterocycles. The number of aliphatic hydroxyl groups is 1. The molecule has 6 rings (SSSR count). The van der Waals surface area contributed by atoms with E-state index in [9.17, 15) is 5.11 Å². The van der Waals surface area contributed by atoms with Crippen LogP contribution in [-0.2, 0) is 0 Å². The van der Waals surface area contributed by atoms with Gasteiger partial charge in [-0.1, -0.05) is 39.3 Å². The molecule has 2 nitrogen and oxygen atoms in total. The van der Waals surface area contributed by atoms with Crippen molar-refractivity contribution in [2.24, 2.45) is 46.3 Å². The van der Waals surface area contributed by atoms with E-state index in [4.69, 9.17) is 0 Å². The number of hydrogen-bond donors (Lipinski definition) is 1. The molecule has 5 fully saturated rings. The average molecular weight is 398 g/mol. The van der Waals surface area contributed by atoms with Crippen LogP contribution in [0.25, 0.3) is 0 Å². The second-order valence-electron chi connectivity index (χ2n) is 12.8. The summed E-state index contributed by atoms with van der Waals surface area (Å²) in [5.74, 6) is 5.44. The van der Waals surface area contributed by atoms with Crippen LogP contribution in [0.1, 0.15) is 85.5 Å². The van der Waals surface area contributed by atoms with Crippen LogP contribution in [0.15, 0.2) is 11.6 Å². The Kier molecular flexibility index (Phi) is 4.23. The summed E-state index contributed by atoms with van der Waals surface area (Å²) in [4.78, 5) is 3.02. The molecule has 2 aliphatic heterocycles. The number of aliphatic hydroxyl groups excluding tert-OH is 1. The lowest BCUT2D eigenvalue weighted by atomic mass is 9.47. The molecule has 0 bridgehead atoms. The van der Waals surface area contributed by atoms with Crippen molar-refractivity contribution < 1.29 is 5.11 Å². The molecule has 4 aliphatic carbocycles. The van der Waals surface area contributed by atoms with E-state index in [0.717, 1.165) is 60.4 Å². The first-order valence-electron chi connectivity index (χ1n) is 13.0. The first kappa shape index (κ1) is 19.4. The Labute approximate surface area is 178 Å². The third-order valence-electron chi connectivity index (χ3n) is 11.7. The van der Waals surface area contributed by atoms with Crippen LogP contribution in [0.2, 0.25) is 0 Å². The second-order valence-corrected chi connectivity index (χ2v) is 12.8. The summed E-state index contributed by atoms with van der Waals surface area (Å²) in [5, 5.41) is 10.3. The molecule has 6 aliphatic rings. The van der Waals surface area contributed by atoms with Crippen molar-refractivity contribution in [3.05, 3.63) is 11.6 Å². The SMILES string of the molecule is C[C@@H]1CC[C@@H]2[C@@H](C)[C@@H]3[C@@H](C[C@@H]4[C@H]5CC=C6C[C@@H](O)CC[C@]6(C)[C@@H]5CC[C@]34C)N2C1. The summed E-state index contributed by atoms with van der Waals surface area (Å²) < 4.78 is 0. The average Bonchev–Trinajstić information content (AvgIpc) is 3.15. The molecular weight excluding hydrogens is 354 g/mol. The van der Waals surface area contributed by atoms with Crippen LogP contribution in [-0.4, -0.2) is 34.7 Å². The molecule has 162 valence electrons. The Balaban J connectivity index is 1.33. The topological polar surface area (TPSA) is 23.5 Å². The van der Waals surface area contributed by atoms with Crippen molar-refractivity contribution in [2.45, 2.75) is 104 Å². The first-order valence-corrected chi connectivity index (χ1v) is 13.0. The molecule has 0 aromatic rings. The Morgan fingerprint density at radius 1 is 1.00 bits per heavy atom. The van der Waals surface area contributed by atoms with Gasteiger partial charge in [-0.05, 0) is 104 Å². The molecule has 2 heterocycles. The van der Waals surface area contributed by atoms with Gasteiger partial charge in [-0.3, -0.25) is 4.90 Å². The minimum atomic E-state index is -0.0792. The van der Waals surface area contributed by atoms with Crippen molar-refractivity contribution in [2.75, 3.05) is 6.54 Å². The molecule has 0 aromatic heterocycles. The minimum absolute atomic E-state index is 0.0792. The highest BCUT2D eigenvalue weighted by Gasteiger charge is 2.66. The van der Waals surface area contributed by atoms with Gasteiger partial charge >= 0.3 is 0 Å². The summed E-state index contributed by atoms with van der Waals surface area (Å²) in [6.45, 7) is 11.8. The summed E-state index contributed by atoms with van der Waals surface area (Å²) >= 11 is 0. The predicted molar refractivity (Wildman–Crippen MR) is 118 cm³/mol. The van der Waals surface area contributed by atoms with Gasteiger partial charge in [0.05, 0.1) is 6.10 Å². The Hall–Kier alpha value is -0.340. The fraction of sp³-hybridized carbons (Fsp3) is 0.926. The van der Waals surface area contributed by atoms with Crippen LogP contribution in [0.4, 0.5) is 0 Å². The Morgan fingerprint density at radius 3 is 2.66 bits per heavy atom. The lowest BCUT2D eigenvalue weighted by Gasteiger charge is -2.58. The lowest BCUT2D eigenvalue weighted by Crippen LogP contribution is -2.51. The van der Waals surface area contributed by atoms with Crippen LogP contribution in [0, 0.1) is 46.3 Å². The van der Waals surface area contributed by atoms with Gasteiger partial charge in [-0.25, -0.2) is 0 Å². The zero-order valence-electron chi connectivity index (χ0n) is 19.2. The van der Waals surface area contributed by atoms with Crippen LogP contribution < -0.4 is 0 Å². The zero-order chi connectivity index (χ0) is 20.1. The van der Waals surface area contributed by atoms with Crippen molar-refractivity contribution >= 4 is 0 Å². The fourth-order valence-corrected chi connectivity index (χ4v) is 10.4. The Morgan fingerprint density at radius 2 is 1.83 bits per heavy atom. The van der Waals surface area contributed by atoms with Gasteiger partial charge in [0.25, 0.3) is 0 Å². The van der Waals surface area contributed by atoms with Gasteiger partial charge in [0.2, 0.25) is 0 Å². The second kappa shape index (κ2) is 6.35. The molecule has 2 heteroatoms. The van der Waals surface area contributed by atoms with E-state index >= 15 is 0 Å². The smallest absolute Gasteiger partial charge is 0.0577 e. The quantitative estimate of drug-likeness (QED) is 0.534. The van der Waals surface area contributed by atoms with Gasteiger partial charge in [-0.2, -0.15) is 0 Å². The molecular formula is C27H43NO. The maximum absolute atomic E-state index is 10.3. The lowest BCUT2D eigenvalue weighted by molar-refractivity contribution is -0.0574. The van der Waals surface area contributed by atoms with E-state index in [1.54, 1.807) is 5.57 Å². The molecule has 0 amide bonds. The molecule has 29 heavy (non-hydrogen) atoms. The number of fused-ring (bicyclic) bond motifs is 9. The van der Waals surface area contributed by atoms with Gasteiger partial charge in [0.1, 0.15) is 0 Å². The monoisotopic (exact) mass is 397 g/mol. The molecule has 0 spiro atoms. The summed E-state index contributed by atoms with van der Waals surface area (Å²) in [6, 6.07) is 1.75. The van der Waals surface area contributed by atoms with Gasteiger partial charge in [0, 0.05) is 18.6 Å². The van der Waals surface area contributed by atoms with E-state index in [1.165, 1.54) is 51.5 Å². The van der Waals surface area contributed by atoms with Crippen molar-refractivity contribution in [1.82, 2.24) is 4.90 Å². The van der Waals surface area contributed by atoms with Crippen LogP contribution >= 0.6 is 0 Å². The number of nitrogens with zero attached hydrogens (tertiary/aromatic N) is 1. The molecule has 0 unspecified atom stereocenters. The minimum Gasteiger partial charge on any atom is -0.393 e. The predicted octanol–water partition coefficient (Wildman–Crippen LogP) is 5.66. The maximum Gasteiger partial charge on any atom is 0.0577 e. The van der Waals surface area contributed by atoms with E-state index in [2.05, 4.69) is 38.7 Å². The van der Waals surface area contributed by atoms with Gasteiger partial charge in [-0.15, -0.1) is 0 Å².